The molecule has 0 saturated carbocycles. The van der Waals surface area contributed by atoms with Gasteiger partial charge in [0.1, 0.15) is 0 Å². The Kier molecular flexibility index (Phi) is 5.89. The minimum atomic E-state index is -0.934. The fourth-order valence-electron chi connectivity index (χ4n) is 2.94. The van der Waals surface area contributed by atoms with Crippen molar-refractivity contribution in [1.29, 1.82) is 0 Å². The van der Waals surface area contributed by atoms with Crippen molar-refractivity contribution in [3.8, 4) is 0 Å². The van der Waals surface area contributed by atoms with Crippen LogP contribution in [0.2, 0.25) is 0 Å². The third-order valence-corrected chi connectivity index (χ3v) is 4.49. The maximum absolute atomic E-state index is 12.3. The number of rotatable bonds is 7. The molecule has 1 heterocycles. The number of carbonyl (C=O) groups is 3. The van der Waals surface area contributed by atoms with Crippen molar-refractivity contribution in [2.45, 2.75) is 32.8 Å². The largest absolute Gasteiger partial charge is 0.453 e. The van der Waals surface area contributed by atoms with Gasteiger partial charge in [-0.3, -0.25) is 14.4 Å². The van der Waals surface area contributed by atoms with Crippen LogP contribution in [0, 0.1) is 0 Å². The molecule has 0 aliphatic heterocycles. The second-order valence-electron chi connectivity index (χ2n) is 6.62. The predicted octanol–water partition coefficient (Wildman–Crippen LogP) is 3.87. The molecule has 0 saturated heterocycles. The number of anilines is 1. The zero-order valence-corrected chi connectivity index (χ0v) is 15.8. The van der Waals surface area contributed by atoms with E-state index in [1.54, 1.807) is 24.3 Å². The molecule has 144 valence electrons. The Hall–Kier alpha value is -3.41. The highest BCUT2D eigenvalue weighted by atomic mass is 16.5. The molecule has 0 aliphatic carbocycles. The number of hydrogen-bond donors (Lipinski definition) is 2. The topological polar surface area (TPSA) is 88.3 Å². The second kappa shape index (κ2) is 8.52. The van der Waals surface area contributed by atoms with E-state index < -0.39 is 18.0 Å². The average Bonchev–Trinajstić information content (AvgIpc) is 3.09. The molecule has 0 aliphatic rings. The van der Waals surface area contributed by atoms with Crippen molar-refractivity contribution in [2.24, 2.45) is 0 Å². The van der Waals surface area contributed by atoms with Gasteiger partial charge in [-0.1, -0.05) is 30.3 Å². The molecule has 0 radical (unpaired) electrons. The maximum Gasteiger partial charge on any atom is 0.306 e. The smallest absolute Gasteiger partial charge is 0.306 e. The number of fused-ring (bicyclic) bond motifs is 1. The molecular weight excluding hydrogens is 356 g/mol. The summed E-state index contributed by atoms with van der Waals surface area (Å²) < 4.78 is 5.24. The van der Waals surface area contributed by atoms with Crippen molar-refractivity contribution in [1.82, 2.24) is 4.98 Å². The van der Waals surface area contributed by atoms with Gasteiger partial charge in [0.25, 0.3) is 5.91 Å². The lowest BCUT2D eigenvalue weighted by molar-refractivity contribution is -0.153. The molecule has 28 heavy (non-hydrogen) atoms. The number of hydrogen-bond acceptors (Lipinski definition) is 4. The minimum Gasteiger partial charge on any atom is -0.453 e. The number of ether oxygens (including phenoxy) is 1. The normalized spacial score (nSPS) is 11.8. The molecular formula is C22H22N2O4. The number of Topliss-reactive ketones (excluding diaryl/α,β-unsaturated/α-hetero) is 1. The summed E-state index contributed by atoms with van der Waals surface area (Å²) >= 11 is 0. The molecule has 1 atom stereocenters. The van der Waals surface area contributed by atoms with Gasteiger partial charge < -0.3 is 15.0 Å². The molecule has 2 N–H and O–H groups in total. The van der Waals surface area contributed by atoms with Gasteiger partial charge in [0.15, 0.2) is 11.9 Å². The molecule has 3 aromatic rings. The van der Waals surface area contributed by atoms with Crippen molar-refractivity contribution < 1.29 is 19.1 Å². The van der Waals surface area contributed by atoms with Gasteiger partial charge in [-0.15, -0.1) is 0 Å². The fourth-order valence-corrected chi connectivity index (χ4v) is 2.94. The van der Waals surface area contributed by atoms with E-state index in [1.807, 2.05) is 30.5 Å². The average molecular weight is 378 g/mol. The number of benzene rings is 2. The quantitative estimate of drug-likeness (QED) is 0.482. The van der Waals surface area contributed by atoms with E-state index >= 15 is 0 Å². The Labute approximate surface area is 162 Å². The molecule has 6 nitrogen and oxygen atoms in total. The molecule has 0 bridgehead atoms. The summed E-state index contributed by atoms with van der Waals surface area (Å²) in [6.07, 6.45) is 1.66. The highest BCUT2D eigenvalue weighted by molar-refractivity contribution is 5.98. The molecule has 2 aromatic carbocycles. The monoisotopic (exact) mass is 378 g/mol. The predicted molar refractivity (Wildman–Crippen MR) is 107 cm³/mol. The maximum atomic E-state index is 12.3. The number of carbonyl (C=O) groups excluding carboxylic acids is 3. The highest BCUT2D eigenvalue weighted by Gasteiger charge is 2.18. The summed E-state index contributed by atoms with van der Waals surface area (Å²) in [7, 11) is 0. The molecule has 1 unspecified atom stereocenters. The third kappa shape index (κ3) is 4.65. The van der Waals surface area contributed by atoms with Crippen molar-refractivity contribution in [3.05, 3.63) is 65.9 Å². The number of aromatic nitrogens is 1. The zero-order valence-electron chi connectivity index (χ0n) is 15.8. The van der Waals surface area contributed by atoms with Gasteiger partial charge in [-0.05, 0) is 44.0 Å². The van der Waals surface area contributed by atoms with Gasteiger partial charge in [0, 0.05) is 34.8 Å². The van der Waals surface area contributed by atoms with E-state index in [0.717, 1.165) is 16.5 Å². The fraction of sp³-hybridized carbons (Fsp3) is 0.227. The van der Waals surface area contributed by atoms with Gasteiger partial charge >= 0.3 is 5.97 Å². The van der Waals surface area contributed by atoms with E-state index in [0.29, 0.717) is 17.7 Å². The number of H-pyrrole nitrogens is 1. The Morgan fingerprint density at radius 1 is 1.11 bits per heavy atom. The van der Waals surface area contributed by atoms with Gasteiger partial charge in [-0.2, -0.15) is 0 Å². The lowest BCUT2D eigenvalue weighted by Gasteiger charge is -2.14. The second-order valence-corrected chi connectivity index (χ2v) is 6.62. The van der Waals surface area contributed by atoms with Crippen LogP contribution in [-0.2, 0) is 20.7 Å². The van der Waals surface area contributed by atoms with Crippen LogP contribution in [0.5, 0.6) is 0 Å². The number of amides is 1. The first-order valence-corrected chi connectivity index (χ1v) is 9.10. The highest BCUT2D eigenvalue weighted by Crippen LogP contribution is 2.19. The lowest BCUT2D eigenvalue weighted by Crippen LogP contribution is -2.30. The first-order chi connectivity index (χ1) is 13.4. The van der Waals surface area contributed by atoms with Crippen LogP contribution < -0.4 is 5.32 Å². The van der Waals surface area contributed by atoms with Crippen molar-refractivity contribution in [2.75, 3.05) is 5.32 Å². The number of aryl methyl sites for hydroxylation is 1. The molecule has 0 fully saturated rings. The molecule has 1 aromatic heterocycles. The first-order valence-electron chi connectivity index (χ1n) is 9.10. The zero-order chi connectivity index (χ0) is 20.1. The number of esters is 1. The minimum absolute atomic E-state index is 0.0899. The Balaban J connectivity index is 1.52. The van der Waals surface area contributed by atoms with Crippen LogP contribution in [0.15, 0.2) is 54.7 Å². The lowest BCUT2D eigenvalue weighted by atomic mass is 10.1. The van der Waals surface area contributed by atoms with Crippen LogP contribution in [0.25, 0.3) is 10.9 Å². The third-order valence-electron chi connectivity index (χ3n) is 4.49. The van der Waals surface area contributed by atoms with Gasteiger partial charge in [0.05, 0.1) is 0 Å². The number of para-hydroxylation sites is 1. The van der Waals surface area contributed by atoms with Gasteiger partial charge in [0.2, 0.25) is 0 Å². The van der Waals surface area contributed by atoms with Crippen molar-refractivity contribution >= 4 is 34.3 Å². The number of aromatic amines is 1. The van der Waals surface area contributed by atoms with Crippen LogP contribution in [0.3, 0.4) is 0 Å². The summed E-state index contributed by atoms with van der Waals surface area (Å²) in [6.45, 7) is 2.98. The van der Waals surface area contributed by atoms with Crippen LogP contribution in [0.4, 0.5) is 5.69 Å². The molecule has 0 spiro atoms. The first kappa shape index (κ1) is 19.4. The standard InChI is InChI=1S/C22H22N2O4/c1-14(25)16-6-5-7-18(12-16)24-22(27)15(2)28-21(26)11-10-17-13-23-20-9-4-3-8-19(17)20/h3-9,12-13,15,23H,10-11H2,1-2H3,(H,24,27). The summed E-state index contributed by atoms with van der Waals surface area (Å²) in [4.78, 5) is 39.0. The Morgan fingerprint density at radius 3 is 2.68 bits per heavy atom. The van der Waals surface area contributed by atoms with E-state index in [2.05, 4.69) is 10.3 Å². The number of nitrogens with one attached hydrogen (secondary N) is 2. The van der Waals surface area contributed by atoms with Crippen LogP contribution in [-0.4, -0.2) is 28.7 Å². The van der Waals surface area contributed by atoms with E-state index in [1.165, 1.54) is 13.8 Å². The van der Waals surface area contributed by atoms with Crippen molar-refractivity contribution in [3.63, 3.8) is 0 Å². The van der Waals surface area contributed by atoms with Crippen LogP contribution in [0.1, 0.15) is 36.2 Å². The summed E-state index contributed by atoms with van der Waals surface area (Å²) in [5.41, 5.74) is 3.04. The molecule has 3 rings (SSSR count). The Morgan fingerprint density at radius 2 is 1.89 bits per heavy atom. The molecule has 1 amide bonds. The summed E-state index contributed by atoms with van der Waals surface area (Å²) in [5.74, 6) is -0.973. The summed E-state index contributed by atoms with van der Waals surface area (Å²) in [6, 6.07) is 14.5. The molecule has 6 heteroatoms. The number of ketones is 1. The van der Waals surface area contributed by atoms with Gasteiger partial charge in [-0.25, -0.2) is 0 Å². The van der Waals surface area contributed by atoms with E-state index in [-0.39, 0.29) is 12.2 Å². The van der Waals surface area contributed by atoms with E-state index in [4.69, 9.17) is 4.74 Å². The Bertz CT molecular complexity index is 1020. The SMILES string of the molecule is CC(=O)c1cccc(NC(=O)C(C)OC(=O)CCc2c[nH]c3ccccc23)c1. The summed E-state index contributed by atoms with van der Waals surface area (Å²) in [5, 5.41) is 3.74. The van der Waals surface area contributed by atoms with E-state index in [9.17, 15) is 14.4 Å². The van der Waals surface area contributed by atoms with Crippen LogP contribution >= 0.6 is 0 Å².